The summed E-state index contributed by atoms with van der Waals surface area (Å²) in [5, 5.41) is 11.4. The fraction of sp³-hybridized carbons (Fsp3) is 0.273. The van der Waals surface area contributed by atoms with Gasteiger partial charge in [-0.15, -0.1) is 0 Å². The summed E-state index contributed by atoms with van der Waals surface area (Å²) in [6, 6.07) is 4.70. The molecule has 20 heavy (non-hydrogen) atoms. The van der Waals surface area contributed by atoms with E-state index in [1.54, 1.807) is 12.1 Å². The van der Waals surface area contributed by atoms with Crippen molar-refractivity contribution >= 4 is 44.5 Å². The molecule has 1 aromatic carbocycles. The molecule has 1 amide bonds. The van der Waals surface area contributed by atoms with Gasteiger partial charge in [0.25, 0.3) is 0 Å². The lowest BCUT2D eigenvalue weighted by molar-refractivity contribution is -0.143. The quantitative estimate of drug-likeness (QED) is 0.676. The number of rotatable bonds is 3. The number of carbonyl (C=O) groups is 2. The molecule has 0 spiro atoms. The van der Waals surface area contributed by atoms with Crippen LogP contribution in [0.4, 0.5) is 0 Å². The summed E-state index contributed by atoms with van der Waals surface area (Å²) in [6.07, 6.45) is 0. The number of halogens is 1. The minimum Gasteiger partial charge on any atom is -0.480 e. The summed E-state index contributed by atoms with van der Waals surface area (Å²) < 4.78 is 26.5. The molecule has 7 nitrogen and oxygen atoms in total. The third-order valence-corrected chi connectivity index (χ3v) is 5.43. The third-order valence-electron chi connectivity index (χ3n) is 2.84. The third kappa shape index (κ3) is 2.94. The summed E-state index contributed by atoms with van der Waals surface area (Å²) in [7, 11) is -4.02. The van der Waals surface area contributed by atoms with Crippen molar-refractivity contribution in [1.29, 1.82) is 0 Å². The zero-order valence-corrected chi connectivity index (χ0v) is 13.1. The van der Waals surface area contributed by atoms with Gasteiger partial charge in [-0.25, -0.2) is 8.42 Å². The van der Waals surface area contributed by atoms with Crippen LogP contribution in [-0.2, 0) is 19.6 Å². The van der Waals surface area contributed by atoms with Gasteiger partial charge in [0.15, 0.2) is 0 Å². The Morgan fingerprint density at radius 3 is 2.50 bits per heavy atom. The molecular formula is C11H11IN2O5S. The minimum absolute atomic E-state index is 0.0288. The van der Waals surface area contributed by atoms with E-state index in [1.807, 2.05) is 22.6 Å². The van der Waals surface area contributed by atoms with Crippen LogP contribution in [0.1, 0.15) is 0 Å². The molecule has 2 N–H and O–H groups in total. The van der Waals surface area contributed by atoms with Crippen LogP contribution in [0.3, 0.4) is 0 Å². The van der Waals surface area contributed by atoms with Gasteiger partial charge in [0.2, 0.25) is 15.9 Å². The number of hydrogen-bond acceptors (Lipinski definition) is 4. The average Bonchev–Trinajstić information content (AvgIpc) is 2.38. The van der Waals surface area contributed by atoms with Crippen LogP contribution in [0, 0.1) is 3.57 Å². The normalized spacial score (nSPS) is 20.4. The number of nitrogens with zero attached hydrogens (tertiary/aromatic N) is 1. The maximum Gasteiger partial charge on any atom is 0.323 e. The van der Waals surface area contributed by atoms with Crippen LogP contribution in [0.15, 0.2) is 29.2 Å². The molecule has 1 aromatic rings. The van der Waals surface area contributed by atoms with Crippen LogP contribution >= 0.6 is 22.6 Å². The second kappa shape index (κ2) is 5.66. The van der Waals surface area contributed by atoms with Gasteiger partial charge in [-0.1, -0.05) is 0 Å². The van der Waals surface area contributed by atoms with Crippen molar-refractivity contribution in [2.75, 3.05) is 13.1 Å². The predicted octanol–water partition coefficient (Wildman–Crippen LogP) is -0.135. The van der Waals surface area contributed by atoms with Crippen LogP contribution in [0.2, 0.25) is 0 Å². The number of piperazine rings is 1. The Kier molecular flexibility index (Phi) is 4.30. The Labute approximate surface area is 129 Å². The SMILES string of the molecule is O=C1CN(S(=O)(=O)c2ccc(I)cc2)C(C(=O)O)CN1. The number of sulfonamides is 1. The van der Waals surface area contributed by atoms with Crippen LogP contribution < -0.4 is 5.32 Å². The lowest BCUT2D eigenvalue weighted by Gasteiger charge is -2.31. The van der Waals surface area contributed by atoms with E-state index in [9.17, 15) is 18.0 Å². The number of amides is 1. The molecule has 1 atom stereocenters. The molecule has 2 rings (SSSR count). The van der Waals surface area contributed by atoms with E-state index in [0.29, 0.717) is 0 Å². The highest BCUT2D eigenvalue weighted by Gasteiger charge is 2.40. The maximum atomic E-state index is 12.4. The molecule has 0 bridgehead atoms. The lowest BCUT2D eigenvalue weighted by atomic mass is 10.2. The molecule has 108 valence electrons. The zero-order chi connectivity index (χ0) is 14.9. The molecule has 1 saturated heterocycles. The number of aliphatic carboxylic acids is 1. The Hall–Kier alpha value is -1.20. The predicted molar refractivity (Wildman–Crippen MR) is 77.5 cm³/mol. The molecule has 0 aromatic heterocycles. The van der Waals surface area contributed by atoms with Crippen molar-refractivity contribution in [3.05, 3.63) is 27.8 Å². The van der Waals surface area contributed by atoms with Crippen molar-refractivity contribution in [1.82, 2.24) is 9.62 Å². The maximum absolute atomic E-state index is 12.4. The number of hydrogen-bond donors (Lipinski definition) is 2. The highest BCUT2D eigenvalue weighted by Crippen LogP contribution is 2.20. The molecule has 1 aliphatic rings. The van der Waals surface area contributed by atoms with E-state index in [1.165, 1.54) is 12.1 Å². The lowest BCUT2D eigenvalue weighted by Crippen LogP contribution is -2.59. The monoisotopic (exact) mass is 410 g/mol. The minimum atomic E-state index is -4.02. The average molecular weight is 410 g/mol. The standard InChI is InChI=1S/C11H11IN2O5S/c12-7-1-3-8(4-2-7)20(18,19)14-6-10(15)13-5-9(14)11(16)17/h1-4,9H,5-6H2,(H,13,15)(H,16,17). The van der Waals surface area contributed by atoms with E-state index in [2.05, 4.69) is 5.32 Å². The number of nitrogens with one attached hydrogen (secondary N) is 1. The van der Waals surface area contributed by atoms with E-state index in [-0.39, 0.29) is 11.4 Å². The summed E-state index contributed by atoms with van der Waals surface area (Å²) in [4.78, 5) is 22.5. The summed E-state index contributed by atoms with van der Waals surface area (Å²) >= 11 is 2.03. The van der Waals surface area contributed by atoms with Crippen molar-refractivity contribution in [3.8, 4) is 0 Å². The Morgan fingerprint density at radius 1 is 1.35 bits per heavy atom. The molecule has 1 unspecified atom stereocenters. The smallest absolute Gasteiger partial charge is 0.323 e. The van der Waals surface area contributed by atoms with E-state index >= 15 is 0 Å². The first kappa shape index (κ1) is 15.2. The highest BCUT2D eigenvalue weighted by atomic mass is 127. The van der Waals surface area contributed by atoms with Gasteiger partial charge in [-0.05, 0) is 46.9 Å². The first-order valence-electron chi connectivity index (χ1n) is 5.59. The van der Waals surface area contributed by atoms with Gasteiger partial charge >= 0.3 is 5.97 Å². The van der Waals surface area contributed by atoms with Crippen molar-refractivity contribution < 1.29 is 23.1 Å². The second-order valence-corrected chi connectivity index (χ2v) is 7.30. The van der Waals surface area contributed by atoms with Gasteiger partial charge in [-0.3, -0.25) is 9.59 Å². The molecular weight excluding hydrogens is 399 g/mol. The number of carboxylic acid groups (broad SMARTS) is 1. The topological polar surface area (TPSA) is 104 Å². The van der Waals surface area contributed by atoms with E-state index in [0.717, 1.165) is 7.88 Å². The molecule has 1 aliphatic heterocycles. The van der Waals surface area contributed by atoms with E-state index in [4.69, 9.17) is 5.11 Å². The van der Waals surface area contributed by atoms with Gasteiger partial charge in [0.1, 0.15) is 6.04 Å². The molecule has 0 aliphatic carbocycles. The van der Waals surface area contributed by atoms with Gasteiger partial charge in [-0.2, -0.15) is 4.31 Å². The van der Waals surface area contributed by atoms with Crippen LogP contribution in [-0.4, -0.2) is 48.8 Å². The van der Waals surface area contributed by atoms with Crippen molar-refractivity contribution in [3.63, 3.8) is 0 Å². The largest absolute Gasteiger partial charge is 0.480 e. The first-order chi connectivity index (χ1) is 9.32. The number of carbonyl (C=O) groups excluding carboxylic acids is 1. The Balaban J connectivity index is 2.41. The first-order valence-corrected chi connectivity index (χ1v) is 8.11. The summed E-state index contributed by atoms with van der Waals surface area (Å²) in [6.45, 7) is -0.733. The molecule has 1 fully saturated rings. The fourth-order valence-electron chi connectivity index (χ4n) is 1.82. The second-order valence-electron chi connectivity index (χ2n) is 4.16. The summed E-state index contributed by atoms with van der Waals surface area (Å²) in [5.41, 5.74) is 0. The molecule has 0 radical (unpaired) electrons. The van der Waals surface area contributed by atoms with Gasteiger partial charge < -0.3 is 10.4 Å². The molecule has 1 heterocycles. The Bertz CT molecular complexity index is 643. The van der Waals surface area contributed by atoms with Gasteiger partial charge in [0.05, 0.1) is 11.4 Å². The summed E-state index contributed by atoms with van der Waals surface area (Å²) in [5.74, 6) is -1.81. The number of carboxylic acids is 1. The fourth-order valence-corrected chi connectivity index (χ4v) is 3.72. The zero-order valence-electron chi connectivity index (χ0n) is 10.1. The Morgan fingerprint density at radius 2 is 1.95 bits per heavy atom. The van der Waals surface area contributed by atoms with Crippen LogP contribution in [0.25, 0.3) is 0 Å². The van der Waals surface area contributed by atoms with Gasteiger partial charge in [0, 0.05) is 10.1 Å². The van der Waals surface area contributed by atoms with E-state index < -0.39 is 34.5 Å². The molecule has 9 heteroatoms. The molecule has 0 saturated carbocycles. The number of benzene rings is 1. The van der Waals surface area contributed by atoms with Crippen molar-refractivity contribution in [2.24, 2.45) is 0 Å². The highest BCUT2D eigenvalue weighted by molar-refractivity contribution is 14.1. The van der Waals surface area contributed by atoms with Crippen molar-refractivity contribution in [2.45, 2.75) is 10.9 Å². The van der Waals surface area contributed by atoms with Crippen LogP contribution in [0.5, 0.6) is 0 Å².